The van der Waals surface area contributed by atoms with E-state index in [2.05, 4.69) is 11.4 Å². The van der Waals surface area contributed by atoms with Gasteiger partial charge in [-0.15, -0.1) is 0 Å². The number of benzene rings is 2. The van der Waals surface area contributed by atoms with Gasteiger partial charge in [-0.25, -0.2) is 4.39 Å². The molecule has 20 heavy (non-hydrogen) atoms. The molecular weight excluding hydrogens is 253 g/mol. The fourth-order valence-corrected chi connectivity index (χ4v) is 3.28. The number of aromatic hydroxyl groups is 1. The van der Waals surface area contributed by atoms with Crippen LogP contribution in [-0.4, -0.2) is 11.7 Å². The Labute approximate surface area is 117 Å². The Morgan fingerprint density at radius 3 is 2.50 bits per heavy atom. The molecule has 3 heteroatoms. The van der Waals surface area contributed by atoms with Gasteiger partial charge in [-0.05, 0) is 54.0 Å². The maximum atomic E-state index is 13.0. The zero-order valence-electron chi connectivity index (χ0n) is 11.1. The second-order valence-corrected chi connectivity index (χ2v) is 5.88. The van der Waals surface area contributed by atoms with E-state index in [1.54, 1.807) is 12.1 Å². The topological polar surface area (TPSA) is 32.3 Å². The molecule has 2 aromatic carbocycles. The van der Waals surface area contributed by atoms with Gasteiger partial charge in [0.05, 0.1) is 0 Å². The lowest BCUT2D eigenvalue weighted by Crippen LogP contribution is -2.21. The molecule has 0 unspecified atom stereocenters. The van der Waals surface area contributed by atoms with Crippen molar-refractivity contribution in [3.8, 4) is 16.9 Å². The van der Waals surface area contributed by atoms with Gasteiger partial charge in [0.25, 0.3) is 0 Å². The molecule has 1 spiro atoms. The minimum atomic E-state index is -0.258. The predicted molar refractivity (Wildman–Crippen MR) is 77.5 cm³/mol. The van der Waals surface area contributed by atoms with Crippen LogP contribution in [0, 0.1) is 5.82 Å². The van der Waals surface area contributed by atoms with Crippen LogP contribution in [0.15, 0.2) is 36.4 Å². The van der Waals surface area contributed by atoms with Crippen molar-refractivity contribution in [2.45, 2.75) is 24.7 Å². The van der Waals surface area contributed by atoms with E-state index in [1.807, 2.05) is 6.07 Å². The zero-order valence-corrected chi connectivity index (χ0v) is 11.1. The van der Waals surface area contributed by atoms with Crippen LogP contribution in [0.3, 0.4) is 0 Å². The molecule has 2 nitrogen and oxygen atoms in total. The summed E-state index contributed by atoms with van der Waals surface area (Å²) >= 11 is 0. The first kappa shape index (κ1) is 11.8. The molecule has 1 saturated carbocycles. The minimum Gasteiger partial charge on any atom is -0.507 e. The Balaban J connectivity index is 1.86. The predicted octanol–water partition coefficient (Wildman–Crippen LogP) is 4.05. The maximum absolute atomic E-state index is 13.0. The molecule has 1 aliphatic heterocycles. The Morgan fingerprint density at radius 1 is 1.05 bits per heavy atom. The number of fused-ring (bicyclic) bond motifs is 2. The summed E-state index contributed by atoms with van der Waals surface area (Å²) in [6.07, 6.45) is 3.62. The number of halogens is 1. The summed E-state index contributed by atoms with van der Waals surface area (Å²) in [5.74, 6) is -0.00733. The van der Waals surface area contributed by atoms with Crippen molar-refractivity contribution in [2.24, 2.45) is 0 Å². The fraction of sp³-hybridized carbons (Fsp3) is 0.294. The maximum Gasteiger partial charge on any atom is 0.125 e. The molecule has 0 radical (unpaired) electrons. The Kier molecular flexibility index (Phi) is 2.34. The first-order valence-corrected chi connectivity index (χ1v) is 7.05. The van der Waals surface area contributed by atoms with Crippen molar-refractivity contribution in [3.05, 3.63) is 47.8 Å². The molecular formula is C17H16FNO. The first-order chi connectivity index (χ1) is 9.68. The molecule has 1 aliphatic carbocycles. The van der Waals surface area contributed by atoms with Gasteiger partial charge in [-0.1, -0.05) is 12.1 Å². The number of phenols is 1. The molecule has 4 rings (SSSR count). The van der Waals surface area contributed by atoms with Crippen LogP contribution in [0.25, 0.3) is 11.1 Å². The van der Waals surface area contributed by atoms with Crippen molar-refractivity contribution in [1.82, 2.24) is 0 Å². The molecule has 0 aromatic heterocycles. The highest BCUT2D eigenvalue weighted by molar-refractivity contribution is 5.77. The molecule has 0 amide bonds. The molecule has 2 N–H and O–H groups in total. The molecule has 1 heterocycles. The third kappa shape index (κ3) is 1.69. The number of anilines is 1. The van der Waals surface area contributed by atoms with Crippen LogP contribution < -0.4 is 5.32 Å². The third-order valence-electron chi connectivity index (χ3n) is 4.63. The summed E-state index contributed by atoms with van der Waals surface area (Å²) in [4.78, 5) is 0. The van der Waals surface area contributed by atoms with Crippen LogP contribution in [0.4, 0.5) is 10.1 Å². The summed E-state index contributed by atoms with van der Waals surface area (Å²) in [7, 11) is 0. The summed E-state index contributed by atoms with van der Waals surface area (Å²) < 4.78 is 13.0. The van der Waals surface area contributed by atoms with E-state index < -0.39 is 0 Å². The minimum absolute atomic E-state index is 0.251. The molecule has 0 atom stereocenters. The second-order valence-electron chi connectivity index (χ2n) is 5.88. The van der Waals surface area contributed by atoms with E-state index in [4.69, 9.17) is 0 Å². The normalized spacial score (nSPS) is 18.4. The largest absolute Gasteiger partial charge is 0.507 e. The van der Waals surface area contributed by atoms with Crippen molar-refractivity contribution < 1.29 is 9.50 Å². The second kappa shape index (κ2) is 3.98. The highest BCUT2D eigenvalue weighted by Crippen LogP contribution is 2.56. The van der Waals surface area contributed by atoms with E-state index in [9.17, 15) is 9.50 Å². The molecule has 2 aliphatic rings. The number of hydrogen-bond acceptors (Lipinski definition) is 2. The van der Waals surface area contributed by atoms with Crippen molar-refractivity contribution >= 4 is 5.69 Å². The SMILES string of the molecule is Oc1cc2c(cc1-c1ccc(F)cc1)C1(CCN2)CC1. The average molecular weight is 269 g/mol. The van der Waals surface area contributed by atoms with Gasteiger partial charge >= 0.3 is 0 Å². The summed E-state index contributed by atoms with van der Waals surface area (Å²) in [6.45, 7) is 0.975. The van der Waals surface area contributed by atoms with E-state index in [0.717, 1.165) is 29.8 Å². The lowest BCUT2D eigenvalue weighted by molar-refractivity contribution is 0.476. The smallest absolute Gasteiger partial charge is 0.125 e. The quantitative estimate of drug-likeness (QED) is 0.818. The number of hydrogen-bond donors (Lipinski definition) is 2. The van der Waals surface area contributed by atoms with Crippen LogP contribution >= 0.6 is 0 Å². The molecule has 1 fully saturated rings. The number of phenolic OH excluding ortho intramolecular Hbond substituents is 1. The highest BCUT2D eigenvalue weighted by Gasteiger charge is 2.47. The Hall–Kier alpha value is -2.03. The standard InChI is InChI=1S/C17H16FNO/c18-12-3-1-11(2-4-12)13-9-14-15(10-16(13)20)19-8-7-17(14)5-6-17/h1-4,9-10,19-20H,5-8H2. The van der Waals surface area contributed by atoms with Crippen LogP contribution in [0.2, 0.25) is 0 Å². The van der Waals surface area contributed by atoms with E-state index >= 15 is 0 Å². The number of rotatable bonds is 1. The molecule has 0 saturated heterocycles. The summed E-state index contributed by atoms with van der Waals surface area (Å²) in [5, 5.41) is 13.6. The summed E-state index contributed by atoms with van der Waals surface area (Å²) in [6, 6.07) is 10.2. The van der Waals surface area contributed by atoms with Crippen LogP contribution in [0.1, 0.15) is 24.8 Å². The Morgan fingerprint density at radius 2 is 1.80 bits per heavy atom. The van der Waals surface area contributed by atoms with Crippen molar-refractivity contribution in [1.29, 1.82) is 0 Å². The first-order valence-electron chi connectivity index (χ1n) is 7.05. The summed E-state index contributed by atoms with van der Waals surface area (Å²) in [5.41, 5.74) is 4.33. The van der Waals surface area contributed by atoms with E-state index in [0.29, 0.717) is 5.41 Å². The average Bonchev–Trinajstić information content (AvgIpc) is 3.20. The van der Waals surface area contributed by atoms with Crippen LogP contribution in [-0.2, 0) is 5.41 Å². The van der Waals surface area contributed by atoms with Gasteiger partial charge < -0.3 is 10.4 Å². The number of nitrogens with one attached hydrogen (secondary N) is 1. The van der Waals surface area contributed by atoms with Gasteiger partial charge in [0, 0.05) is 23.9 Å². The molecule has 2 aromatic rings. The molecule has 0 bridgehead atoms. The Bertz CT molecular complexity index is 674. The van der Waals surface area contributed by atoms with Gasteiger partial charge in [0.1, 0.15) is 11.6 Å². The van der Waals surface area contributed by atoms with Gasteiger partial charge in [0.15, 0.2) is 0 Å². The van der Waals surface area contributed by atoms with Gasteiger partial charge in [0.2, 0.25) is 0 Å². The fourth-order valence-electron chi connectivity index (χ4n) is 3.28. The van der Waals surface area contributed by atoms with E-state index in [-0.39, 0.29) is 11.6 Å². The molecule has 102 valence electrons. The van der Waals surface area contributed by atoms with Crippen LogP contribution in [0.5, 0.6) is 5.75 Å². The monoisotopic (exact) mass is 269 g/mol. The van der Waals surface area contributed by atoms with Crippen molar-refractivity contribution in [2.75, 3.05) is 11.9 Å². The lowest BCUT2D eigenvalue weighted by Gasteiger charge is -2.27. The van der Waals surface area contributed by atoms with Crippen molar-refractivity contribution in [3.63, 3.8) is 0 Å². The highest BCUT2D eigenvalue weighted by atomic mass is 19.1. The van der Waals surface area contributed by atoms with Gasteiger partial charge in [-0.3, -0.25) is 0 Å². The third-order valence-corrected chi connectivity index (χ3v) is 4.63. The van der Waals surface area contributed by atoms with Gasteiger partial charge in [-0.2, -0.15) is 0 Å². The lowest BCUT2D eigenvalue weighted by atomic mass is 9.85. The van der Waals surface area contributed by atoms with E-state index in [1.165, 1.54) is 30.5 Å². The zero-order chi connectivity index (χ0) is 13.7.